The van der Waals surface area contributed by atoms with E-state index in [1.54, 1.807) is 0 Å². The Hall–Kier alpha value is -0.660. The molecule has 0 amide bonds. The van der Waals surface area contributed by atoms with Crippen LogP contribution in [0.3, 0.4) is 0 Å². The second-order valence-corrected chi connectivity index (χ2v) is 7.28. The molecular weight excluding hydrogens is 268 g/mol. The zero-order valence-corrected chi connectivity index (χ0v) is 12.3. The van der Waals surface area contributed by atoms with Crippen molar-refractivity contribution in [2.24, 2.45) is 0 Å². The maximum absolute atomic E-state index is 11.5. The van der Waals surface area contributed by atoms with Crippen molar-refractivity contribution in [1.82, 2.24) is 10.2 Å². The summed E-state index contributed by atoms with van der Waals surface area (Å²) < 4.78 is 22.9. The van der Waals surface area contributed by atoms with Crippen molar-refractivity contribution in [3.63, 3.8) is 0 Å². The van der Waals surface area contributed by atoms with Gasteiger partial charge in [-0.25, -0.2) is 8.42 Å². The van der Waals surface area contributed by atoms with E-state index in [4.69, 9.17) is 5.11 Å². The van der Waals surface area contributed by atoms with E-state index >= 15 is 0 Å². The van der Waals surface area contributed by atoms with Gasteiger partial charge in [0.15, 0.2) is 9.84 Å². The van der Waals surface area contributed by atoms with Crippen molar-refractivity contribution in [1.29, 1.82) is 0 Å². The van der Waals surface area contributed by atoms with E-state index < -0.39 is 21.8 Å². The van der Waals surface area contributed by atoms with Crippen molar-refractivity contribution < 1.29 is 18.3 Å². The summed E-state index contributed by atoms with van der Waals surface area (Å²) in [7, 11) is -2.89. The summed E-state index contributed by atoms with van der Waals surface area (Å²) in [5.74, 6) is -0.400. The number of carboxylic acids is 1. The molecule has 0 aromatic heterocycles. The van der Waals surface area contributed by atoms with Crippen LogP contribution < -0.4 is 5.32 Å². The number of hydrogen-bond acceptors (Lipinski definition) is 5. The Morgan fingerprint density at radius 3 is 2.74 bits per heavy atom. The molecule has 7 heteroatoms. The highest BCUT2D eigenvalue weighted by molar-refractivity contribution is 7.91. The zero-order chi connectivity index (χ0) is 14.3. The van der Waals surface area contributed by atoms with Crippen LogP contribution in [0.1, 0.15) is 26.2 Å². The van der Waals surface area contributed by atoms with Gasteiger partial charge in [0.1, 0.15) is 6.04 Å². The third-order valence-electron chi connectivity index (χ3n) is 3.32. The standard InChI is InChI=1S/C12H24N2O4S/c1-2-5-13-11(12(15)16)4-7-14-6-3-9-19(17,18)10-8-14/h11,13H,2-10H2,1H3,(H,15,16). The fraction of sp³-hybridized carbons (Fsp3) is 0.917. The molecule has 6 nitrogen and oxygen atoms in total. The Kier molecular flexibility index (Phi) is 6.74. The van der Waals surface area contributed by atoms with Crippen molar-refractivity contribution in [3.05, 3.63) is 0 Å². The summed E-state index contributed by atoms with van der Waals surface area (Å²) >= 11 is 0. The third-order valence-corrected chi connectivity index (χ3v) is 5.04. The Morgan fingerprint density at radius 2 is 2.11 bits per heavy atom. The van der Waals surface area contributed by atoms with Crippen molar-refractivity contribution in [3.8, 4) is 0 Å². The molecule has 0 aromatic rings. The van der Waals surface area contributed by atoms with Gasteiger partial charge in [0.25, 0.3) is 0 Å². The molecule has 112 valence electrons. The molecule has 1 saturated heterocycles. The molecule has 0 spiro atoms. The molecule has 0 aromatic carbocycles. The smallest absolute Gasteiger partial charge is 0.320 e. The molecular formula is C12H24N2O4S. The van der Waals surface area contributed by atoms with Gasteiger partial charge in [-0.15, -0.1) is 0 Å². The Morgan fingerprint density at radius 1 is 1.37 bits per heavy atom. The van der Waals surface area contributed by atoms with Crippen LogP contribution in [-0.4, -0.2) is 68.1 Å². The quantitative estimate of drug-likeness (QED) is 0.684. The van der Waals surface area contributed by atoms with Gasteiger partial charge in [0.05, 0.1) is 11.5 Å². The van der Waals surface area contributed by atoms with Crippen molar-refractivity contribution >= 4 is 15.8 Å². The predicted octanol–water partition coefficient (Wildman–Crippen LogP) is -0.0502. The minimum atomic E-state index is -2.89. The lowest BCUT2D eigenvalue weighted by molar-refractivity contribution is -0.139. The molecule has 1 heterocycles. The minimum absolute atomic E-state index is 0.188. The van der Waals surface area contributed by atoms with Crippen LogP contribution in [0.5, 0.6) is 0 Å². The highest BCUT2D eigenvalue weighted by Crippen LogP contribution is 2.06. The normalized spacial score (nSPS) is 21.7. The topological polar surface area (TPSA) is 86.7 Å². The number of aliphatic carboxylic acids is 1. The maximum Gasteiger partial charge on any atom is 0.320 e. The van der Waals surface area contributed by atoms with Crippen molar-refractivity contribution in [2.75, 3.05) is 37.7 Å². The Labute approximate surface area is 115 Å². The van der Waals surface area contributed by atoms with Gasteiger partial charge in [0.2, 0.25) is 0 Å². The molecule has 1 unspecified atom stereocenters. The first-order valence-corrected chi connectivity index (χ1v) is 8.65. The third kappa shape index (κ3) is 6.35. The molecule has 1 atom stereocenters. The molecule has 1 fully saturated rings. The highest BCUT2D eigenvalue weighted by atomic mass is 32.2. The molecule has 0 aliphatic carbocycles. The lowest BCUT2D eigenvalue weighted by atomic mass is 10.2. The molecule has 19 heavy (non-hydrogen) atoms. The van der Waals surface area contributed by atoms with Gasteiger partial charge >= 0.3 is 5.97 Å². The maximum atomic E-state index is 11.5. The zero-order valence-electron chi connectivity index (χ0n) is 11.5. The van der Waals surface area contributed by atoms with Gasteiger partial charge in [-0.05, 0) is 32.4 Å². The average Bonchev–Trinajstić information content (AvgIpc) is 2.50. The van der Waals surface area contributed by atoms with Crippen LogP contribution in [0.25, 0.3) is 0 Å². The van der Waals surface area contributed by atoms with E-state index in [1.807, 2.05) is 11.8 Å². The van der Waals surface area contributed by atoms with Crippen LogP contribution in [0, 0.1) is 0 Å². The molecule has 0 bridgehead atoms. The average molecular weight is 292 g/mol. The van der Waals surface area contributed by atoms with Gasteiger partial charge in [-0.2, -0.15) is 0 Å². The number of sulfone groups is 1. The fourth-order valence-corrected chi connectivity index (χ4v) is 3.47. The molecule has 0 radical (unpaired) electrons. The number of nitrogens with zero attached hydrogens (tertiary/aromatic N) is 1. The van der Waals surface area contributed by atoms with E-state index in [9.17, 15) is 13.2 Å². The Balaban J connectivity index is 2.39. The number of nitrogens with one attached hydrogen (secondary N) is 1. The molecule has 2 N–H and O–H groups in total. The second kappa shape index (κ2) is 7.81. The number of carboxylic acid groups (broad SMARTS) is 1. The summed E-state index contributed by atoms with van der Waals surface area (Å²) in [5, 5.41) is 12.1. The van der Waals surface area contributed by atoms with Crippen LogP contribution >= 0.6 is 0 Å². The van der Waals surface area contributed by atoms with E-state index in [-0.39, 0.29) is 11.5 Å². The van der Waals surface area contributed by atoms with E-state index in [1.165, 1.54) is 0 Å². The molecule has 0 saturated carbocycles. The van der Waals surface area contributed by atoms with E-state index in [0.29, 0.717) is 32.5 Å². The second-order valence-electron chi connectivity index (χ2n) is 4.98. The number of hydrogen-bond donors (Lipinski definition) is 2. The number of carbonyl (C=O) groups is 1. The fourth-order valence-electron chi connectivity index (χ4n) is 2.16. The molecule has 1 aliphatic heterocycles. The van der Waals surface area contributed by atoms with Gasteiger partial charge in [-0.3, -0.25) is 4.79 Å². The summed E-state index contributed by atoms with van der Waals surface area (Å²) in [4.78, 5) is 13.1. The van der Waals surface area contributed by atoms with E-state index in [0.717, 1.165) is 13.0 Å². The van der Waals surface area contributed by atoms with Crippen LogP contribution in [-0.2, 0) is 14.6 Å². The van der Waals surface area contributed by atoms with Crippen molar-refractivity contribution in [2.45, 2.75) is 32.2 Å². The summed E-state index contributed by atoms with van der Waals surface area (Å²) in [5.41, 5.74) is 0. The first kappa shape index (κ1) is 16.4. The highest BCUT2D eigenvalue weighted by Gasteiger charge is 2.21. The van der Waals surface area contributed by atoms with Gasteiger partial charge < -0.3 is 15.3 Å². The predicted molar refractivity (Wildman–Crippen MR) is 74.0 cm³/mol. The minimum Gasteiger partial charge on any atom is -0.480 e. The molecule has 1 aliphatic rings. The molecule has 1 rings (SSSR count). The number of rotatable bonds is 7. The summed E-state index contributed by atoms with van der Waals surface area (Å²) in [6.07, 6.45) is 2.05. The van der Waals surface area contributed by atoms with E-state index in [2.05, 4.69) is 5.32 Å². The lowest BCUT2D eigenvalue weighted by Gasteiger charge is -2.22. The monoisotopic (exact) mass is 292 g/mol. The summed E-state index contributed by atoms with van der Waals surface area (Å²) in [6, 6.07) is -0.542. The lowest BCUT2D eigenvalue weighted by Crippen LogP contribution is -2.40. The Bertz CT molecular complexity index is 383. The van der Waals surface area contributed by atoms with Crippen LogP contribution in [0.15, 0.2) is 0 Å². The van der Waals surface area contributed by atoms with Gasteiger partial charge in [0, 0.05) is 13.1 Å². The first-order chi connectivity index (χ1) is 8.94. The largest absolute Gasteiger partial charge is 0.480 e. The summed E-state index contributed by atoms with van der Waals surface area (Å²) in [6.45, 7) is 4.56. The first-order valence-electron chi connectivity index (χ1n) is 6.83. The van der Waals surface area contributed by atoms with Crippen LogP contribution in [0.2, 0.25) is 0 Å². The SMILES string of the molecule is CCCNC(CCN1CCCS(=O)(=O)CC1)C(=O)O. The van der Waals surface area contributed by atoms with Crippen LogP contribution in [0.4, 0.5) is 0 Å². The van der Waals surface area contributed by atoms with Gasteiger partial charge in [-0.1, -0.05) is 6.92 Å².